The van der Waals surface area contributed by atoms with Crippen LogP contribution in [-0.2, 0) is 4.74 Å². The van der Waals surface area contributed by atoms with Gasteiger partial charge in [-0.25, -0.2) is 4.79 Å². The monoisotopic (exact) mass is 220 g/mol. The van der Waals surface area contributed by atoms with Crippen LogP contribution in [0.5, 0.6) is 5.75 Å². The minimum Gasteiger partial charge on any atom is -0.490 e. The van der Waals surface area contributed by atoms with Crippen molar-refractivity contribution >= 4 is 6.09 Å². The second kappa shape index (κ2) is 6.30. The Morgan fingerprint density at radius 3 is 2.62 bits per heavy atom. The maximum Gasteiger partial charge on any atom is 0.406 e. The molecule has 5 heteroatoms. The average Bonchev–Trinajstić information content (AvgIpc) is 2.35. The van der Waals surface area contributed by atoms with Crippen LogP contribution in [0.1, 0.15) is 5.56 Å². The molecule has 16 heavy (non-hydrogen) atoms. The molecule has 1 aromatic rings. The molecule has 84 valence electrons. The van der Waals surface area contributed by atoms with Gasteiger partial charge in [0, 0.05) is 7.05 Å². The Balaban J connectivity index is 2.27. The fourth-order valence-electron chi connectivity index (χ4n) is 0.992. The normalized spacial score (nSPS) is 9.00. The quantitative estimate of drug-likeness (QED) is 0.776. The summed E-state index contributed by atoms with van der Waals surface area (Å²) in [6.45, 7) is 0.457. The molecule has 0 radical (unpaired) electrons. The number of carbonyl (C=O) groups is 1. The van der Waals surface area contributed by atoms with Crippen molar-refractivity contribution < 1.29 is 14.3 Å². The number of hydrogen-bond acceptors (Lipinski definition) is 4. The molecule has 1 N–H and O–H groups in total. The van der Waals surface area contributed by atoms with Gasteiger partial charge < -0.3 is 14.8 Å². The lowest BCUT2D eigenvalue weighted by Gasteiger charge is -2.06. The molecule has 0 saturated heterocycles. The maximum atomic E-state index is 10.7. The molecule has 0 aromatic heterocycles. The van der Waals surface area contributed by atoms with Gasteiger partial charge in [0.15, 0.2) is 0 Å². The van der Waals surface area contributed by atoms with E-state index in [0.29, 0.717) is 11.3 Å². The maximum absolute atomic E-state index is 10.7. The predicted molar refractivity (Wildman–Crippen MR) is 57.1 cm³/mol. The van der Waals surface area contributed by atoms with Crippen molar-refractivity contribution in [2.45, 2.75) is 0 Å². The van der Waals surface area contributed by atoms with E-state index in [4.69, 9.17) is 14.7 Å². The third-order valence-electron chi connectivity index (χ3n) is 1.77. The van der Waals surface area contributed by atoms with Gasteiger partial charge in [0.2, 0.25) is 0 Å². The Hall–Kier alpha value is -2.22. The summed E-state index contributed by atoms with van der Waals surface area (Å²) in [6, 6.07) is 8.72. The summed E-state index contributed by atoms with van der Waals surface area (Å²) >= 11 is 0. The smallest absolute Gasteiger partial charge is 0.406 e. The Bertz CT molecular complexity index is 381. The third kappa shape index (κ3) is 3.88. The summed E-state index contributed by atoms with van der Waals surface area (Å²) in [7, 11) is 1.49. The molecule has 0 aliphatic rings. The standard InChI is InChI=1S/C11H12N2O3/c1-13-11(14)16-7-6-15-10-4-2-9(8-12)3-5-10/h2-5H,6-7H2,1H3,(H,13,14). The van der Waals surface area contributed by atoms with Crippen LogP contribution >= 0.6 is 0 Å². The molecule has 0 aliphatic carbocycles. The summed E-state index contributed by atoms with van der Waals surface area (Å²) in [4.78, 5) is 10.7. The van der Waals surface area contributed by atoms with E-state index in [2.05, 4.69) is 5.32 Å². The van der Waals surface area contributed by atoms with Gasteiger partial charge >= 0.3 is 6.09 Å². The largest absolute Gasteiger partial charge is 0.490 e. The van der Waals surface area contributed by atoms with E-state index in [-0.39, 0.29) is 13.2 Å². The van der Waals surface area contributed by atoms with E-state index in [1.165, 1.54) is 7.05 Å². The van der Waals surface area contributed by atoms with Crippen LogP contribution in [0.4, 0.5) is 4.79 Å². The first-order valence-electron chi connectivity index (χ1n) is 4.73. The van der Waals surface area contributed by atoms with E-state index in [1.807, 2.05) is 6.07 Å². The summed E-state index contributed by atoms with van der Waals surface area (Å²) in [5.41, 5.74) is 0.578. The highest BCUT2D eigenvalue weighted by atomic mass is 16.6. The van der Waals surface area contributed by atoms with Gasteiger partial charge in [-0.2, -0.15) is 5.26 Å². The Kier molecular flexibility index (Phi) is 4.67. The van der Waals surface area contributed by atoms with Crippen molar-refractivity contribution in [1.29, 1.82) is 5.26 Å². The lowest BCUT2D eigenvalue weighted by Crippen LogP contribution is -2.21. The zero-order valence-electron chi connectivity index (χ0n) is 8.90. The Morgan fingerprint density at radius 1 is 1.38 bits per heavy atom. The van der Waals surface area contributed by atoms with Gasteiger partial charge in [0.25, 0.3) is 0 Å². The summed E-state index contributed by atoms with van der Waals surface area (Å²) < 4.78 is 10.0. The molecule has 0 aliphatic heterocycles. The van der Waals surface area contributed by atoms with Gasteiger partial charge in [-0.15, -0.1) is 0 Å². The van der Waals surface area contributed by atoms with E-state index >= 15 is 0 Å². The van der Waals surface area contributed by atoms with Crippen LogP contribution in [0, 0.1) is 11.3 Å². The molecule has 1 amide bonds. The number of nitrogens with zero attached hydrogens (tertiary/aromatic N) is 1. The number of rotatable bonds is 4. The fraction of sp³-hybridized carbons (Fsp3) is 0.273. The van der Waals surface area contributed by atoms with Gasteiger partial charge in [0.05, 0.1) is 11.6 Å². The predicted octanol–water partition coefficient (Wildman–Crippen LogP) is 1.29. The molecule has 1 rings (SSSR count). The Labute approximate surface area is 93.6 Å². The molecule has 0 fully saturated rings. The SMILES string of the molecule is CNC(=O)OCCOc1ccc(C#N)cc1. The zero-order chi connectivity index (χ0) is 11.8. The van der Waals surface area contributed by atoms with E-state index in [9.17, 15) is 4.79 Å². The van der Waals surface area contributed by atoms with Gasteiger partial charge in [-0.1, -0.05) is 0 Å². The second-order valence-corrected chi connectivity index (χ2v) is 2.87. The van der Waals surface area contributed by atoms with E-state index < -0.39 is 6.09 Å². The van der Waals surface area contributed by atoms with Crippen LogP contribution in [0.2, 0.25) is 0 Å². The minimum atomic E-state index is -0.483. The summed E-state index contributed by atoms with van der Waals surface area (Å²) in [5.74, 6) is 0.638. The molecule has 0 heterocycles. The topological polar surface area (TPSA) is 71.3 Å². The molecule has 0 atom stereocenters. The zero-order valence-corrected chi connectivity index (χ0v) is 8.90. The lowest BCUT2D eigenvalue weighted by atomic mass is 10.2. The number of nitrogens with one attached hydrogen (secondary N) is 1. The highest BCUT2D eigenvalue weighted by Crippen LogP contribution is 2.11. The first kappa shape index (κ1) is 11.9. The van der Waals surface area contributed by atoms with Crippen LogP contribution in [0.3, 0.4) is 0 Å². The third-order valence-corrected chi connectivity index (χ3v) is 1.77. The van der Waals surface area contributed by atoms with E-state index in [1.54, 1.807) is 24.3 Å². The molecule has 0 unspecified atom stereocenters. The fourth-order valence-corrected chi connectivity index (χ4v) is 0.992. The van der Waals surface area contributed by atoms with E-state index in [0.717, 1.165) is 0 Å². The number of carbonyl (C=O) groups excluding carboxylic acids is 1. The molecule has 0 saturated carbocycles. The highest BCUT2D eigenvalue weighted by molar-refractivity contribution is 5.66. The minimum absolute atomic E-state index is 0.180. The van der Waals surface area contributed by atoms with Gasteiger partial charge in [0.1, 0.15) is 19.0 Å². The van der Waals surface area contributed by atoms with Crippen LogP contribution in [0.15, 0.2) is 24.3 Å². The van der Waals surface area contributed by atoms with Crippen LogP contribution < -0.4 is 10.1 Å². The molecular weight excluding hydrogens is 208 g/mol. The Morgan fingerprint density at radius 2 is 2.06 bits per heavy atom. The van der Waals surface area contributed by atoms with Crippen molar-refractivity contribution in [2.24, 2.45) is 0 Å². The number of ether oxygens (including phenoxy) is 2. The number of nitriles is 1. The molecule has 0 bridgehead atoms. The second-order valence-electron chi connectivity index (χ2n) is 2.87. The van der Waals surface area contributed by atoms with Crippen molar-refractivity contribution in [2.75, 3.05) is 20.3 Å². The first-order chi connectivity index (χ1) is 7.76. The summed E-state index contributed by atoms with van der Waals surface area (Å²) in [5, 5.41) is 10.9. The average molecular weight is 220 g/mol. The van der Waals surface area contributed by atoms with Crippen molar-refractivity contribution in [3.8, 4) is 11.8 Å². The van der Waals surface area contributed by atoms with Gasteiger partial charge in [-0.3, -0.25) is 0 Å². The van der Waals surface area contributed by atoms with Crippen LogP contribution in [-0.4, -0.2) is 26.4 Å². The van der Waals surface area contributed by atoms with Crippen molar-refractivity contribution in [3.63, 3.8) is 0 Å². The summed E-state index contributed by atoms with van der Waals surface area (Å²) in [6.07, 6.45) is -0.483. The lowest BCUT2D eigenvalue weighted by molar-refractivity contribution is 0.127. The number of hydrogen-bond donors (Lipinski definition) is 1. The van der Waals surface area contributed by atoms with Crippen LogP contribution in [0.25, 0.3) is 0 Å². The number of alkyl carbamates (subject to hydrolysis) is 1. The molecular formula is C11H12N2O3. The molecule has 1 aromatic carbocycles. The molecule has 5 nitrogen and oxygen atoms in total. The number of amides is 1. The first-order valence-corrected chi connectivity index (χ1v) is 4.73. The number of benzene rings is 1. The highest BCUT2D eigenvalue weighted by Gasteiger charge is 1.98. The van der Waals surface area contributed by atoms with Crippen molar-refractivity contribution in [1.82, 2.24) is 5.32 Å². The van der Waals surface area contributed by atoms with Gasteiger partial charge in [-0.05, 0) is 24.3 Å². The molecule has 0 spiro atoms. The van der Waals surface area contributed by atoms with Crippen molar-refractivity contribution in [3.05, 3.63) is 29.8 Å².